The lowest BCUT2D eigenvalue weighted by Crippen LogP contribution is -2.45. The molecule has 0 spiro atoms. The van der Waals surface area contributed by atoms with Crippen molar-refractivity contribution in [2.45, 2.75) is 40.3 Å². The Balaban J connectivity index is 1.50. The molecule has 3 N–H and O–H groups in total. The van der Waals surface area contributed by atoms with Gasteiger partial charge in [0.1, 0.15) is 17.2 Å². The fourth-order valence-corrected chi connectivity index (χ4v) is 4.38. The van der Waals surface area contributed by atoms with Crippen LogP contribution in [0.15, 0.2) is 42.7 Å². The van der Waals surface area contributed by atoms with Gasteiger partial charge in [-0.15, -0.1) is 0 Å². The Hall–Kier alpha value is -3.76. The Morgan fingerprint density at radius 2 is 1.82 bits per heavy atom. The SMILES string of the molecule is CCN1CCN(Cc2ccc(Nc3ncc(F)c(-c4ccc(NC(C)C)c(C(=N)C(C)=O)c4)n3)nc2)CC1. The largest absolute Gasteiger partial charge is 0.382 e. The van der Waals surface area contributed by atoms with E-state index in [0.717, 1.165) is 51.0 Å². The van der Waals surface area contributed by atoms with Crippen LogP contribution in [-0.4, -0.2) is 75.0 Å². The number of ketones is 1. The molecule has 38 heavy (non-hydrogen) atoms. The summed E-state index contributed by atoms with van der Waals surface area (Å²) in [6.07, 6.45) is 2.93. The molecule has 200 valence electrons. The number of Topliss-reactive ketones (excluding diaryl/α,β-unsaturated/α-hetero) is 1. The maximum absolute atomic E-state index is 14.8. The van der Waals surface area contributed by atoms with Crippen LogP contribution in [0, 0.1) is 11.2 Å². The van der Waals surface area contributed by atoms with Crippen LogP contribution in [0.1, 0.15) is 38.8 Å². The van der Waals surface area contributed by atoms with E-state index in [4.69, 9.17) is 5.41 Å². The van der Waals surface area contributed by atoms with Crippen LogP contribution in [0.4, 0.5) is 21.8 Å². The molecule has 0 radical (unpaired) electrons. The second-order valence-electron chi connectivity index (χ2n) is 9.77. The van der Waals surface area contributed by atoms with E-state index in [-0.39, 0.29) is 29.2 Å². The summed E-state index contributed by atoms with van der Waals surface area (Å²) in [5.41, 5.74) is 2.50. The monoisotopic (exact) mass is 518 g/mol. The highest BCUT2D eigenvalue weighted by atomic mass is 19.1. The number of carbonyl (C=O) groups excluding carboxylic acids is 1. The number of pyridine rings is 1. The van der Waals surface area contributed by atoms with Gasteiger partial charge in [0.25, 0.3) is 0 Å². The first-order chi connectivity index (χ1) is 18.2. The molecular formula is C28H35FN8O. The van der Waals surface area contributed by atoms with Gasteiger partial charge >= 0.3 is 0 Å². The van der Waals surface area contributed by atoms with Crippen molar-refractivity contribution in [3.8, 4) is 11.3 Å². The normalized spacial score (nSPS) is 14.5. The van der Waals surface area contributed by atoms with E-state index in [9.17, 15) is 9.18 Å². The van der Waals surface area contributed by atoms with Gasteiger partial charge < -0.3 is 15.5 Å². The molecule has 2 aromatic heterocycles. The van der Waals surface area contributed by atoms with Crippen LogP contribution in [0.5, 0.6) is 0 Å². The molecule has 10 heteroatoms. The van der Waals surface area contributed by atoms with Gasteiger partial charge in [-0.25, -0.2) is 19.3 Å². The highest BCUT2D eigenvalue weighted by molar-refractivity contribution is 6.45. The van der Waals surface area contributed by atoms with Gasteiger partial charge in [-0.1, -0.05) is 19.1 Å². The first-order valence-corrected chi connectivity index (χ1v) is 12.9. The number of rotatable bonds is 10. The van der Waals surface area contributed by atoms with E-state index in [1.165, 1.54) is 6.92 Å². The summed E-state index contributed by atoms with van der Waals surface area (Å²) >= 11 is 0. The van der Waals surface area contributed by atoms with Crippen molar-refractivity contribution < 1.29 is 9.18 Å². The third kappa shape index (κ3) is 6.76. The molecule has 1 aliphatic rings. The highest BCUT2D eigenvalue weighted by Crippen LogP contribution is 2.28. The molecule has 0 bridgehead atoms. The van der Waals surface area contributed by atoms with Crippen LogP contribution in [0.25, 0.3) is 11.3 Å². The lowest BCUT2D eigenvalue weighted by Gasteiger charge is -2.33. The van der Waals surface area contributed by atoms with Gasteiger partial charge in [-0.05, 0) is 44.2 Å². The number of benzene rings is 1. The number of aromatic nitrogens is 3. The van der Waals surface area contributed by atoms with Crippen LogP contribution >= 0.6 is 0 Å². The fourth-order valence-electron chi connectivity index (χ4n) is 4.38. The average molecular weight is 519 g/mol. The van der Waals surface area contributed by atoms with Crippen molar-refractivity contribution in [1.82, 2.24) is 24.8 Å². The number of nitrogens with one attached hydrogen (secondary N) is 3. The summed E-state index contributed by atoms with van der Waals surface area (Å²) in [4.78, 5) is 29.8. The molecule has 3 heterocycles. The zero-order chi connectivity index (χ0) is 27.2. The van der Waals surface area contributed by atoms with E-state index in [0.29, 0.717) is 22.6 Å². The van der Waals surface area contributed by atoms with Gasteiger partial charge in [-0.2, -0.15) is 0 Å². The molecular weight excluding hydrogens is 483 g/mol. The highest BCUT2D eigenvalue weighted by Gasteiger charge is 2.18. The number of hydrogen-bond donors (Lipinski definition) is 3. The van der Waals surface area contributed by atoms with E-state index in [2.05, 4.69) is 42.3 Å². The maximum atomic E-state index is 14.8. The van der Waals surface area contributed by atoms with E-state index < -0.39 is 5.82 Å². The maximum Gasteiger partial charge on any atom is 0.229 e. The number of halogens is 1. The van der Waals surface area contributed by atoms with Gasteiger partial charge in [-0.3, -0.25) is 15.1 Å². The lowest BCUT2D eigenvalue weighted by molar-refractivity contribution is -0.111. The van der Waals surface area contributed by atoms with E-state index in [1.807, 2.05) is 32.2 Å². The third-order valence-electron chi connectivity index (χ3n) is 6.49. The van der Waals surface area contributed by atoms with Crippen LogP contribution in [0.3, 0.4) is 0 Å². The quantitative estimate of drug-likeness (QED) is 0.340. The molecule has 0 aliphatic carbocycles. The second kappa shape index (κ2) is 12.2. The van der Waals surface area contributed by atoms with Crippen molar-refractivity contribution >= 4 is 28.9 Å². The second-order valence-corrected chi connectivity index (χ2v) is 9.77. The molecule has 1 fully saturated rings. The summed E-state index contributed by atoms with van der Waals surface area (Å²) in [5, 5.41) is 14.5. The van der Waals surface area contributed by atoms with Crippen LogP contribution in [0.2, 0.25) is 0 Å². The van der Waals surface area contributed by atoms with E-state index in [1.54, 1.807) is 18.2 Å². The number of carbonyl (C=O) groups is 1. The zero-order valence-corrected chi connectivity index (χ0v) is 22.4. The summed E-state index contributed by atoms with van der Waals surface area (Å²) in [5.74, 6) is -0.230. The Labute approximate surface area is 223 Å². The molecule has 4 rings (SSSR count). The summed E-state index contributed by atoms with van der Waals surface area (Å²) in [6, 6.07) is 9.03. The molecule has 0 unspecified atom stereocenters. The third-order valence-corrected chi connectivity index (χ3v) is 6.49. The first-order valence-electron chi connectivity index (χ1n) is 12.9. The number of likely N-dealkylation sites (N-methyl/N-ethyl adjacent to an activating group) is 1. The smallest absolute Gasteiger partial charge is 0.229 e. The Morgan fingerprint density at radius 3 is 2.45 bits per heavy atom. The summed E-state index contributed by atoms with van der Waals surface area (Å²) in [6.45, 7) is 13.7. The lowest BCUT2D eigenvalue weighted by atomic mass is 9.99. The van der Waals surface area contributed by atoms with Gasteiger partial charge in [0.05, 0.1) is 6.20 Å². The van der Waals surface area contributed by atoms with E-state index >= 15 is 0 Å². The summed E-state index contributed by atoms with van der Waals surface area (Å²) < 4.78 is 14.8. The minimum absolute atomic E-state index is 0.0686. The first kappa shape index (κ1) is 27.3. The number of anilines is 3. The van der Waals surface area contributed by atoms with Crippen molar-refractivity contribution in [2.75, 3.05) is 43.4 Å². The Bertz CT molecular complexity index is 1290. The number of hydrogen-bond acceptors (Lipinski definition) is 9. The number of nitrogens with zero attached hydrogens (tertiary/aromatic N) is 5. The Kier molecular flexibility index (Phi) is 8.75. The predicted octanol–water partition coefficient (Wildman–Crippen LogP) is 4.34. The molecule has 1 saturated heterocycles. The van der Waals surface area contributed by atoms with Crippen molar-refractivity contribution in [3.63, 3.8) is 0 Å². The van der Waals surface area contributed by atoms with Crippen molar-refractivity contribution in [3.05, 3.63) is 59.7 Å². The summed E-state index contributed by atoms with van der Waals surface area (Å²) in [7, 11) is 0. The topological polar surface area (TPSA) is 110 Å². The van der Waals surface area contributed by atoms with Crippen LogP contribution in [-0.2, 0) is 11.3 Å². The minimum atomic E-state index is -0.605. The molecule has 1 aliphatic heterocycles. The zero-order valence-electron chi connectivity index (χ0n) is 22.4. The number of piperazine rings is 1. The molecule has 1 aromatic carbocycles. The van der Waals surface area contributed by atoms with Crippen molar-refractivity contribution in [2.24, 2.45) is 0 Å². The molecule has 9 nitrogen and oxygen atoms in total. The average Bonchev–Trinajstić information content (AvgIpc) is 2.91. The fraction of sp³-hybridized carbons (Fsp3) is 0.393. The standard InChI is InChI=1S/C28H35FN8O/c1-5-36-10-12-37(13-11-36)17-20-6-9-25(31-15-20)34-28-32-16-23(29)27(35-28)21-7-8-24(33-18(2)3)22(14-21)26(30)19(4)38/h6-9,14-16,18,30,33H,5,10-13,17H2,1-4H3,(H,31,32,34,35). The predicted molar refractivity (Wildman–Crippen MR) is 149 cm³/mol. The van der Waals surface area contributed by atoms with Crippen molar-refractivity contribution in [1.29, 1.82) is 5.41 Å². The minimum Gasteiger partial charge on any atom is -0.382 e. The Morgan fingerprint density at radius 1 is 1.08 bits per heavy atom. The molecule has 0 atom stereocenters. The molecule has 0 saturated carbocycles. The molecule has 0 amide bonds. The van der Waals surface area contributed by atoms with Gasteiger partial charge in [0.2, 0.25) is 5.95 Å². The molecule has 3 aromatic rings. The van der Waals surface area contributed by atoms with Gasteiger partial charge in [0.15, 0.2) is 11.6 Å². The van der Waals surface area contributed by atoms with Gasteiger partial charge in [0, 0.05) is 68.7 Å². The van der Waals surface area contributed by atoms with Crippen LogP contribution < -0.4 is 10.6 Å².